The Morgan fingerprint density at radius 3 is 2.56 bits per heavy atom. The maximum Gasteiger partial charge on any atom is 0.256 e. The Kier molecular flexibility index (Phi) is 7.03. The van der Waals surface area contributed by atoms with Crippen LogP contribution in [0.1, 0.15) is 68.6 Å². The molecule has 0 saturated heterocycles. The van der Waals surface area contributed by atoms with Gasteiger partial charge in [-0.2, -0.15) is 9.78 Å². The molecule has 34 heavy (non-hydrogen) atoms. The maximum absolute atomic E-state index is 12.9. The van der Waals surface area contributed by atoms with Crippen molar-refractivity contribution < 1.29 is 9.53 Å². The number of anilines is 1. The van der Waals surface area contributed by atoms with E-state index in [1.807, 2.05) is 25.1 Å². The summed E-state index contributed by atoms with van der Waals surface area (Å²) >= 11 is 1.57. The lowest BCUT2D eigenvalue weighted by Crippen LogP contribution is -2.15. The van der Waals surface area contributed by atoms with Gasteiger partial charge >= 0.3 is 0 Å². The summed E-state index contributed by atoms with van der Waals surface area (Å²) in [4.78, 5) is 17.7. The van der Waals surface area contributed by atoms with E-state index in [0.717, 1.165) is 46.1 Å². The van der Waals surface area contributed by atoms with E-state index in [-0.39, 0.29) is 11.3 Å². The Morgan fingerprint density at radius 2 is 1.85 bits per heavy atom. The third-order valence-electron chi connectivity index (χ3n) is 5.63. The number of unbranched alkanes of at least 4 members (excludes halogenated alkanes) is 2. The van der Waals surface area contributed by atoms with Crippen LogP contribution in [0.3, 0.4) is 0 Å². The Bertz CT molecular complexity index is 1280. The molecule has 4 rings (SSSR count). The molecule has 0 fully saturated rings. The highest BCUT2D eigenvalue weighted by atomic mass is 32.1. The fourth-order valence-electron chi connectivity index (χ4n) is 3.64. The highest BCUT2D eigenvalue weighted by molar-refractivity contribution is 7.20. The van der Waals surface area contributed by atoms with Crippen molar-refractivity contribution in [2.75, 3.05) is 11.9 Å². The molecule has 0 atom stereocenters. The summed E-state index contributed by atoms with van der Waals surface area (Å²) in [5, 5.41) is 8.30. The monoisotopic (exact) mass is 476 g/mol. The molecule has 0 bridgehead atoms. The molecule has 0 aliphatic rings. The van der Waals surface area contributed by atoms with Gasteiger partial charge in [-0.25, -0.2) is 4.98 Å². The number of ether oxygens (including phenoxy) is 1. The van der Waals surface area contributed by atoms with E-state index in [4.69, 9.17) is 9.72 Å². The molecule has 0 aliphatic heterocycles. The predicted octanol–water partition coefficient (Wildman–Crippen LogP) is 6.91. The maximum atomic E-state index is 12.9. The number of nitrogens with one attached hydrogen (secondary N) is 1. The number of benzene rings is 2. The van der Waals surface area contributed by atoms with E-state index < -0.39 is 0 Å². The minimum atomic E-state index is -0.199. The standard InChI is InChI=1S/C27H32N4O2S/c1-6-7-8-15-33-21-12-9-19(10-13-21)25(32)29-24-16-18(2)30-31(24)26-28-22-14-11-20(27(3,4)5)17-23(22)34-26/h9-14,16-17H,6-8,15H2,1-5H3,(H,29,32). The van der Waals surface area contributed by atoms with E-state index in [0.29, 0.717) is 18.0 Å². The van der Waals surface area contributed by atoms with Gasteiger partial charge in [0.1, 0.15) is 11.6 Å². The van der Waals surface area contributed by atoms with Crippen LogP contribution in [0, 0.1) is 6.92 Å². The molecule has 2 aromatic carbocycles. The fraction of sp³-hybridized carbons (Fsp3) is 0.370. The summed E-state index contributed by atoms with van der Waals surface area (Å²) in [5.41, 5.74) is 3.62. The zero-order valence-electron chi connectivity index (χ0n) is 20.5. The van der Waals surface area contributed by atoms with Crippen LogP contribution < -0.4 is 10.1 Å². The second kappa shape index (κ2) is 9.97. The van der Waals surface area contributed by atoms with Crippen LogP contribution in [-0.2, 0) is 5.41 Å². The van der Waals surface area contributed by atoms with Crippen molar-refractivity contribution in [3.63, 3.8) is 0 Å². The summed E-state index contributed by atoms with van der Waals surface area (Å²) in [6.45, 7) is 11.4. The lowest BCUT2D eigenvalue weighted by molar-refractivity contribution is 0.102. The molecule has 0 aliphatic carbocycles. The van der Waals surface area contributed by atoms with Gasteiger partial charge in [0.25, 0.3) is 5.91 Å². The number of amides is 1. The molecule has 1 N–H and O–H groups in total. The van der Waals surface area contributed by atoms with Gasteiger partial charge < -0.3 is 10.1 Å². The zero-order valence-corrected chi connectivity index (χ0v) is 21.3. The number of nitrogens with zero attached hydrogens (tertiary/aromatic N) is 3. The number of thiazole rings is 1. The van der Waals surface area contributed by atoms with Crippen LogP contribution in [0.25, 0.3) is 15.3 Å². The highest BCUT2D eigenvalue weighted by Crippen LogP contribution is 2.31. The molecule has 0 spiro atoms. The number of aryl methyl sites for hydroxylation is 1. The quantitative estimate of drug-likeness (QED) is 0.281. The second-order valence-corrected chi connectivity index (χ2v) is 10.6. The molecule has 2 aromatic heterocycles. The van der Waals surface area contributed by atoms with Crippen molar-refractivity contribution in [1.82, 2.24) is 14.8 Å². The van der Waals surface area contributed by atoms with Gasteiger partial charge in [-0.1, -0.05) is 57.9 Å². The average molecular weight is 477 g/mol. The van der Waals surface area contributed by atoms with Crippen molar-refractivity contribution in [1.29, 1.82) is 0 Å². The van der Waals surface area contributed by atoms with Crippen molar-refractivity contribution in [3.05, 3.63) is 65.4 Å². The van der Waals surface area contributed by atoms with Gasteiger partial charge in [-0.3, -0.25) is 4.79 Å². The van der Waals surface area contributed by atoms with Gasteiger partial charge in [-0.05, 0) is 60.7 Å². The molecule has 1 amide bonds. The number of rotatable bonds is 8. The summed E-state index contributed by atoms with van der Waals surface area (Å²) in [7, 11) is 0. The molecule has 0 unspecified atom stereocenters. The molecule has 0 radical (unpaired) electrons. The molecule has 178 valence electrons. The van der Waals surface area contributed by atoms with Crippen molar-refractivity contribution in [3.8, 4) is 10.9 Å². The minimum absolute atomic E-state index is 0.0653. The van der Waals surface area contributed by atoms with Gasteiger partial charge in [0, 0.05) is 11.6 Å². The van der Waals surface area contributed by atoms with Gasteiger partial charge in [-0.15, -0.1) is 0 Å². The third kappa shape index (κ3) is 5.47. The first-order valence-electron chi connectivity index (χ1n) is 11.8. The number of hydrogen-bond acceptors (Lipinski definition) is 5. The first-order chi connectivity index (χ1) is 16.2. The summed E-state index contributed by atoms with van der Waals surface area (Å²) in [6.07, 6.45) is 3.35. The van der Waals surface area contributed by atoms with Crippen LogP contribution >= 0.6 is 11.3 Å². The molecule has 2 heterocycles. The normalized spacial score (nSPS) is 11.7. The Morgan fingerprint density at radius 1 is 1.09 bits per heavy atom. The van der Waals surface area contributed by atoms with Crippen LogP contribution in [0.4, 0.5) is 5.82 Å². The van der Waals surface area contributed by atoms with Crippen molar-refractivity contribution >= 4 is 33.3 Å². The zero-order chi connectivity index (χ0) is 24.3. The van der Waals surface area contributed by atoms with E-state index in [1.54, 1.807) is 28.2 Å². The lowest BCUT2D eigenvalue weighted by Gasteiger charge is -2.18. The lowest BCUT2D eigenvalue weighted by atomic mass is 9.87. The molecule has 7 heteroatoms. The predicted molar refractivity (Wildman–Crippen MR) is 140 cm³/mol. The van der Waals surface area contributed by atoms with E-state index >= 15 is 0 Å². The second-order valence-electron chi connectivity index (χ2n) is 9.55. The van der Waals surface area contributed by atoms with Crippen molar-refractivity contribution in [2.24, 2.45) is 0 Å². The van der Waals surface area contributed by atoms with Crippen LogP contribution in [0.2, 0.25) is 0 Å². The molecular formula is C27H32N4O2S. The van der Waals surface area contributed by atoms with Gasteiger partial charge in [0.15, 0.2) is 0 Å². The summed E-state index contributed by atoms with van der Waals surface area (Å²) in [5.74, 6) is 1.17. The largest absolute Gasteiger partial charge is 0.494 e. The molecular weight excluding hydrogens is 444 g/mol. The minimum Gasteiger partial charge on any atom is -0.494 e. The molecule has 4 aromatic rings. The van der Waals surface area contributed by atoms with Crippen molar-refractivity contribution in [2.45, 2.75) is 59.3 Å². The van der Waals surface area contributed by atoms with E-state index in [2.05, 4.69) is 56.3 Å². The molecule has 6 nitrogen and oxygen atoms in total. The van der Waals surface area contributed by atoms with Crippen LogP contribution in [0.15, 0.2) is 48.5 Å². The summed E-state index contributed by atoms with van der Waals surface area (Å²) < 4.78 is 8.55. The average Bonchev–Trinajstić information content (AvgIpc) is 3.38. The van der Waals surface area contributed by atoms with E-state index in [9.17, 15) is 4.79 Å². The van der Waals surface area contributed by atoms with Crippen LogP contribution in [-0.4, -0.2) is 27.3 Å². The first kappa shape index (κ1) is 24.0. The fourth-order valence-corrected chi connectivity index (χ4v) is 4.61. The van der Waals surface area contributed by atoms with E-state index in [1.165, 1.54) is 5.56 Å². The van der Waals surface area contributed by atoms with Gasteiger partial charge in [0.05, 0.1) is 22.5 Å². The van der Waals surface area contributed by atoms with Gasteiger partial charge in [0.2, 0.25) is 5.13 Å². The number of aromatic nitrogens is 3. The number of carbonyl (C=O) groups excluding carboxylic acids is 1. The Balaban J connectivity index is 1.52. The molecule has 0 saturated carbocycles. The highest BCUT2D eigenvalue weighted by Gasteiger charge is 2.18. The first-order valence-corrected chi connectivity index (χ1v) is 12.6. The summed E-state index contributed by atoms with van der Waals surface area (Å²) in [6, 6.07) is 15.5. The van der Waals surface area contributed by atoms with Crippen LogP contribution in [0.5, 0.6) is 5.75 Å². The number of carbonyl (C=O) groups is 1. The third-order valence-corrected chi connectivity index (χ3v) is 6.62. The number of fused-ring (bicyclic) bond motifs is 1. The number of hydrogen-bond donors (Lipinski definition) is 1. The topological polar surface area (TPSA) is 69.0 Å². The smallest absolute Gasteiger partial charge is 0.256 e. The Labute approximate surface area is 205 Å². The SMILES string of the molecule is CCCCCOc1ccc(C(=O)Nc2cc(C)nn2-c2nc3ccc(C(C)(C)C)cc3s2)cc1. The Hall–Kier alpha value is -3.19.